The van der Waals surface area contributed by atoms with Crippen LogP contribution >= 0.6 is 0 Å². The summed E-state index contributed by atoms with van der Waals surface area (Å²) in [7, 11) is -4.38. The van der Waals surface area contributed by atoms with Crippen molar-refractivity contribution in [3.05, 3.63) is 29.8 Å². The first-order valence-electron chi connectivity index (χ1n) is 18.3. The highest BCUT2D eigenvalue weighted by Crippen LogP contribution is 2.34. The van der Waals surface area contributed by atoms with Crippen molar-refractivity contribution in [1.29, 1.82) is 0 Å². The van der Waals surface area contributed by atoms with E-state index in [0.717, 1.165) is 57.8 Å². The number of benzene rings is 1. The minimum Gasteiger partial charge on any atom is -0.298 e. The van der Waals surface area contributed by atoms with Crippen molar-refractivity contribution in [2.45, 2.75) is 186 Å². The van der Waals surface area contributed by atoms with Crippen LogP contribution in [0.5, 0.6) is 0 Å². The molecule has 0 radical (unpaired) electrons. The number of carbonyl (C=O) groups excluding carboxylic acids is 3. The summed E-state index contributed by atoms with van der Waals surface area (Å²) in [6.07, 6.45) is 22.4. The van der Waals surface area contributed by atoms with E-state index in [4.69, 9.17) is 0 Å². The van der Waals surface area contributed by atoms with Crippen LogP contribution in [0.1, 0.15) is 180 Å². The summed E-state index contributed by atoms with van der Waals surface area (Å²) in [6.45, 7) is 6.55. The molecule has 0 aromatic heterocycles. The van der Waals surface area contributed by atoms with E-state index in [1.165, 1.54) is 82.1 Å². The molecule has 1 rings (SSSR count). The standard InChI is InChI=1S/C38H64O6S/c1-4-7-10-13-16-19-22-25-35(39)38(36(40)26-23-20-17-14-11-8-5-2,37(41)27-24-21-18-15-12-9-6-3)32-33-28-30-34(31-29-33)45(42,43)44/h28-31H,4-27,32H2,1-3H3,(H,42,43,44). The molecule has 0 fully saturated rings. The van der Waals surface area contributed by atoms with E-state index < -0.39 is 15.5 Å². The van der Waals surface area contributed by atoms with Crippen molar-refractivity contribution >= 4 is 27.5 Å². The third-order valence-electron chi connectivity index (χ3n) is 9.14. The maximum absolute atomic E-state index is 14.2. The van der Waals surface area contributed by atoms with E-state index in [2.05, 4.69) is 20.8 Å². The summed E-state index contributed by atoms with van der Waals surface area (Å²) in [5.41, 5.74) is -1.19. The summed E-state index contributed by atoms with van der Waals surface area (Å²) in [5.74, 6) is -0.845. The molecule has 1 aromatic rings. The van der Waals surface area contributed by atoms with Crippen LogP contribution < -0.4 is 0 Å². The third kappa shape index (κ3) is 16.5. The van der Waals surface area contributed by atoms with Crippen molar-refractivity contribution in [3.63, 3.8) is 0 Å². The zero-order valence-corrected chi connectivity index (χ0v) is 29.7. The van der Waals surface area contributed by atoms with Crippen LogP contribution in [0, 0.1) is 5.41 Å². The molecule has 0 amide bonds. The van der Waals surface area contributed by atoms with Gasteiger partial charge in [-0.15, -0.1) is 0 Å². The number of Topliss-reactive ketones (excluding diaryl/α,β-unsaturated/α-hetero) is 3. The molecule has 1 N–H and O–H groups in total. The normalized spacial score (nSPS) is 12.0. The SMILES string of the molecule is CCCCCCCCCC(=O)C(Cc1ccc(S(=O)(=O)O)cc1)(C(=O)CCCCCCCCC)C(=O)CCCCCCCCC. The van der Waals surface area contributed by atoms with Gasteiger partial charge in [0.1, 0.15) is 5.41 Å². The second-order valence-corrected chi connectivity index (χ2v) is 14.5. The van der Waals surface area contributed by atoms with Crippen LogP contribution in [0.3, 0.4) is 0 Å². The van der Waals surface area contributed by atoms with Crippen LogP contribution in [0.15, 0.2) is 29.2 Å². The number of carbonyl (C=O) groups is 3. The van der Waals surface area contributed by atoms with E-state index in [1.54, 1.807) is 0 Å². The Morgan fingerprint density at radius 3 is 1.09 bits per heavy atom. The van der Waals surface area contributed by atoms with Gasteiger partial charge in [0.05, 0.1) is 4.90 Å². The number of hydrogen-bond donors (Lipinski definition) is 1. The quantitative estimate of drug-likeness (QED) is 0.0505. The lowest BCUT2D eigenvalue weighted by Crippen LogP contribution is -2.48. The van der Waals surface area contributed by atoms with Gasteiger partial charge in [-0.1, -0.05) is 148 Å². The van der Waals surface area contributed by atoms with Crippen LogP contribution in [0.25, 0.3) is 0 Å². The summed E-state index contributed by atoms with van der Waals surface area (Å²) in [4.78, 5) is 42.2. The Balaban J connectivity index is 3.20. The van der Waals surface area contributed by atoms with Crippen molar-refractivity contribution < 1.29 is 27.4 Å². The van der Waals surface area contributed by atoms with Gasteiger partial charge in [-0.25, -0.2) is 0 Å². The first-order chi connectivity index (χ1) is 21.6. The lowest BCUT2D eigenvalue weighted by atomic mass is 9.67. The molecule has 1 aromatic carbocycles. The van der Waals surface area contributed by atoms with Gasteiger partial charge in [-0.05, 0) is 43.4 Å². The first-order valence-corrected chi connectivity index (χ1v) is 19.7. The van der Waals surface area contributed by atoms with E-state index >= 15 is 0 Å². The summed E-state index contributed by atoms with van der Waals surface area (Å²) in [6, 6.07) is 5.58. The predicted molar refractivity (Wildman–Crippen MR) is 185 cm³/mol. The maximum atomic E-state index is 14.2. The fourth-order valence-electron chi connectivity index (χ4n) is 6.22. The Kier molecular flexibility index (Phi) is 22.3. The zero-order chi connectivity index (χ0) is 33.4. The molecular weight excluding hydrogens is 584 g/mol. The molecule has 0 aliphatic heterocycles. The van der Waals surface area contributed by atoms with Crippen LogP contribution in [0.2, 0.25) is 0 Å². The molecule has 45 heavy (non-hydrogen) atoms. The van der Waals surface area contributed by atoms with Gasteiger partial charge in [-0.3, -0.25) is 18.9 Å². The Morgan fingerprint density at radius 1 is 0.511 bits per heavy atom. The lowest BCUT2D eigenvalue weighted by Gasteiger charge is -2.30. The Hall–Kier alpha value is -1.86. The summed E-state index contributed by atoms with van der Waals surface area (Å²) >= 11 is 0. The summed E-state index contributed by atoms with van der Waals surface area (Å²) < 4.78 is 32.7. The highest BCUT2D eigenvalue weighted by molar-refractivity contribution is 7.85. The zero-order valence-electron chi connectivity index (χ0n) is 28.9. The fraction of sp³-hybridized carbons (Fsp3) is 0.763. The average Bonchev–Trinajstić information content (AvgIpc) is 3.01. The van der Waals surface area contributed by atoms with Crippen molar-refractivity contribution in [3.8, 4) is 0 Å². The highest BCUT2D eigenvalue weighted by Gasteiger charge is 2.49. The van der Waals surface area contributed by atoms with E-state index in [9.17, 15) is 27.4 Å². The smallest absolute Gasteiger partial charge is 0.294 e. The van der Waals surface area contributed by atoms with Crippen molar-refractivity contribution in [1.82, 2.24) is 0 Å². The van der Waals surface area contributed by atoms with E-state index in [0.29, 0.717) is 24.8 Å². The number of rotatable bonds is 30. The fourth-order valence-corrected chi connectivity index (χ4v) is 6.70. The van der Waals surface area contributed by atoms with Crippen molar-refractivity contribution in [2.75, 3.05) is 0 Å². The van der Waals surface area contributed by atoms with E-state index in [1.807, 2.05) is 0 Å². The molecule has 0 heterocycles. The minimum atomic E-state index is -4.38. The van der Waals surface area contributed by atoms with Gasteiger partial charge in [0, 0.05) is 19.3 Å². The van der Waals surface area contributed by atoms with Crippen LogP contribution in [-0.2, 0) is 30.9 Å². The van der Waals surface area contributed by atoms with Gasteiger partial charge in [0.25, 0.3) is 10.1 Å². The molecule has 0 saturated heterocycles. The number of hydrogen-bond acceptors (Lipinski definition) is 5. The molecule has 258 valence electrons. The largest absolute Gasteiger partial charge is 0.298 e. The van der Waals surface area contributed by atoms with Gasteiger partial charge in [0.15, 0.2) is 17.3 Å². The molecule has 0 unspecified atom stereocenters. The maximum Gasteiger partial charge on any atom is 0.294 e. The van der Waals surface area contributed by atoms with Crippen LogP contribution in [-0.4, -0.2) is 30.3 Å². The Labute approximate surface area is 275 Å². The Bertz CT molecular complexity index is 986. The highest BCUT2D eigenvalue weighted by atomic mass is 32.2. The number of ketones is 3. The first kappa shape index (κ1) is 41.2. The van der Waals surface area contributed by atoms with Gasteiger partial charge < -0.3 is 0 Å². The predicted octanol–water partition coefficient (Wildman–Crippen LogP) is 10.6. The molecule has 0 saturated carbocycles. The molecule has 0 bridgehead atoms. The summed E-state index contributed by atoms with van der Waals surface area (Å²) in [5, 5.41) is 0. The third-order valence-corrected chi connectivity index (χ3v) is 10.0. The second-order valence-electron chi connectivity index (χ2n) is 13.1. The molecule has 0 aliphatic carbocycles. The van der Waals surface area contributed by atoms with Gasteiger partial charge in [-0.2, -0.15) is 8.42 Å². The average molecular weight is 649 g/mol. The van der Waals surface area contributed by atoms with E-state index in [-0.39, 0.29) is 47.9 Å². The van der Waals surface area contributed by atoms with Crippen molar-refractivity contribution in [2.24, 2.45) is 5.41 Å². The molecular formula is C38H64O6S. The molecule has 7 heteroatoms. The van der Waals surface area contributed by atoms with Gasteiger partial charge >= 0.3 is 0 Å². The molecule has 0 aliphatic rings. The lowest BCUT2D eigenvalue weighted by molar-refractivity contribution is -0.149. The molecule has 0 spiro atoms. The Morgan fingerprint density at radius 2 is 0.800 bits per heavy atom. The molecule has 0 atom stereocenters. The number of unbranched alkanes of at least 4 members (excludes halogenated alkanes) is 18. The van der Waals surface area contributed by atoms with Crippen LogP contribution in [0.4, 0.5) is 0 Å². The minimum absolute atomic E-state index is 0.0568. The second kappa shape index (κ2) is 24.3. The monoisotopic (exact) mass is 648 g/mol. The topological polar surface area (TPSA) is 106 Å². The van der Waals surface area contributed by atoms with Gasteiger partial charge in [0.2, 0.25) is 0 Å². The molecule has 6 nitrogen and oxygen atoms in total.